The van der Waals surface area contributed by atoms with E-state index >= 15 is 0 Å². The van der Waals surface area contributed by atoms with Gasteiger partial charge in [0.15, 0.2) is 0 Å². The number of anilines is 6. The van der Waals surface area contributed by atoms with E-state index in [0.717, 1.165) is 56.4 Å². The fraction of sp³-hybridized carbons (Fsp3) is 0.167. The molecule has 5 aromatic carbocycles. The van der Waals surface area contributed by atoms with Gasteiger partial charge in [-0.15, -0.1) is 45.8 Å². The topological polar surface area (TPSA) is 40.3 Å². The van der Waals surface area contributed by atoms with Crippen LogP contribution in [0.3, 0.4) is 0 Å². The molecule has 0 fully saturated rings. The summed E-state index contributed by atoms with van der Waals surface area (Å²) in [7, 11) is 0. The summed E-state index contributed by atoms with van der Waals surface area (Å²) in [6, 6.07) is 50.0. The fourth-order valence-corrected chi connectivity index (χ4v) is 6.53. The smallest absolute Gasteiger partial charge is 0.145 e. The number of para-hydroxylation sites is 4. The molecule has 3 heterocycles. The van der Waals surface area contributed by atoms with Crippen molar-refractivity contribution < 1.29 is 26.0 Å². The van der Waals surface area contributed by atoms with E-state index in [9.17, 15) is 0 Å². The van der Waals surface area contributed by atoms with Gasteiger partial charge in [0.1, 0.15) is 17.2 Å². The predicted molar refractivity (Wildman–Crippen MR) is 198 cm³/mol. The summed E-state index contributed by atoms with van der Waals surface area (Å²) in [6.45, 7) is 11.0. The van der Waals surface area contributed by atoms with E-state index in [1.54, 1.807) is 0 Å². The van der Waals surface area contributed by atoms with Crippen molar-refractivity contribution in [2.45, 2.75) is 46.1 Å². The van der Waals surface area contributed by atoms with Crippen LogP contribution >= 0.6 is 0 Å². The maximum absolute atomic E-state index is 5.01. The molecular weight excluding hydrogens is 786 g/mol. The van der Waals surface area contributed by atoms with Gasteiger partial charge in [0, 0.05) is 44.2 Å². The van der Waals surface area contributed by atoms with Crippen LogP contribution in [0.5, 0.6) is 0 Å². The van der Waals surface area contributed by atoms with Crippen LogP contribution in [-0.4, -0.2) is 20.5 Å². The molecule has 0 amide bonds. The third kappa shape index (κ3) is 5.79. The van der Waals surface area contributed by atoms with Crippen LogP contribution in [0.1, 0.15) is 40.2 Å². The van der Waals surface area contributed by atoms with Crippen molar-refractivity contribution >= 4 is 55.9 Å². The summed E-state index contributed by atoms with van der Waals surface area (Å²) in [6.07, 6.45) is 1.92. The fourth-order valence-electron chi connectivity index (χ4n) is 6.53. The summed E-state index contributed by atoms with van der Waals surface area (Å²) in [4.78, 5) is 12.1. The van der Waals surface area contributed by atoms with Crippen LogP contribution < -0.4 is 15.0 Å². The van der Waals surface area contributed by atoms with Crippen molar-refractivity contribution in [1.82, 2.24) is 9.55 Å². The molecule has 7 heteroatoms. The Hall–Kier alpha value is -4.90. The molecule has 0 saturated carbocycles. The van der Waals surface area contributed by atoms with Crippen molar-refractivity contribution in [3.05, 3.63) is 145 Å². The Balaban J connectivity index is 0.00000378. The van der Waals surface area contributed by atoms with Crippen molar-refractivity contribution in [2.24, 2.45) is 0 Å². The van der Waals surface area contributed by atoms with Gasteiger partial charge in [-0.2, -0.15) is 17.1 Å². The van der Waals surface area contributed by atoms with Gasteiger partial charge < -0.3 is 9.47 Å². The van der Waals surface area contributed by atoms with E-state index < -0.39 is 0 Å². The number of hydrogen-bond donors (Lipinski definition) is 0. The van der Waals surface area contributed by atoms with Crippen LogP contribution in [0, 0.1) is 12.1 Å². The summed E-state index contributed by atoms with van der Waals surface area (Å²) in [5, 5.41) is 6.35. The second-order valence-corrected chi connectivity index (χ2v) is 13.5. The minimum atomic E-state index is -0.00930. The third-order valence-corrected chi connectivity index (χ3v) is 8.93. The predicted octanol–water partition coefficient (Wildman–Crippen LogP) is 10.8. The van der Waals surface area contributed by atoms with Crippen molar-refractivity contribution in [3.8, 4) is 5.82 Å². The summed E-state index contributed by atoms with van der Waals surface area (Å²) in [5.41, 5.74) is 9.09. The normalized spacial score (nSPS) is 12.9. The van der Waals surface area contributed by atoms with Gasteiger partial charge in [-0.1, -0.05) is 86.2 Å². The van der Waals surface area contributed by atoms with Gasteiger partial charge in [0.2, 0.25) is 0 Å². The second kappa shape index (κ2) is 12.8. The Kier molecular flexibility index (Phi) is 8.56. The molecule has 49 heavy (non-hydrogen) atoms. The standard InChI is InChI=1S/C42H37N5O.Pt/c1-29(2)46-38-20-11-12-21-39(38)47(48-46)34-17-13-16-32(27-34)44(31-14-7-6-8-15-31)33-22-23-36-35-18-9-10-19-37(35)45(40(36)28-33)41-26-30(24-25-43-41)42(3,4)5;/h6-26,29H,1-5H3;/q-2;/p+1. The third-order valence-electron chi connectivity index (χ3n) is 8.93. The molecule has 248 valence electrons. The van der Waals surface area contributed by atoms with Gasteiger partial charge >= 0.3 is 0 Å². The Labute approximate surface area is 302 Å². The SMILES string of the molecule is CC(C)N1[OH+]N(c2[c-]c(N(c3[c-]c4c(cc3)c3ccccc3n4-c3cc(C(C)(C)C)ccn3)c3ccccc3)ccc2)c2ccccc21.[Pt]. The van der Waals surface area contributed by atoms with Crippen molar-refractivity contribution in [2.75, 3.05) is 15.0 Å². The molecule has 0 atom stereocenters. The van der Waals surface area contributed by atoms with Gasteiger partial charge in [-0.05, 0) is 72.7 Å². The monoisotopic (exact) mass is 823 g/mol. The summed E-state index contributed by atoms with van der Waals surface area (Å²) < 4.78 is 2.24. The zero-order valence-corrected chi connectivity index (χ0v) is 30.5. The summed E-state index contributed by atoms with van der Waals surface area (Å²) in [5.74, 6) is 0.880. The minimum absolute atomic E-state index is 0. The van der Waals surface area contributed by atoms with E-state index in [-0.39, 0.29) is 32.5 Å². The first-order chi connectivity index (χ1) is 23.3. The number of aromatic nitrogens is 2. The first kappa shape index (κ1) is 32.6. The Morgan fingerprint density at radius 3 is 2.20 bits per heavy atom. The quantitative estimate of drug-likeness (QED) is 0.124. The molecule has 0 saturated heterocycles. The zero-order chi connectivity index (χ0) is 33.0. The van der Waals surface area contributed by atoms with Gasteiger partial charge in [-0.3, -0.25) is 0 Å². The van der Waals surface area contributed by atoms with Crippen LogP contribution in [0.15, 0.2) is 128 Å². The molecule has 1 aliphatic rings. The van der Waals surface area contributed by atoms with E-state index in [1.165, 1.54) is 10.9 Å². The molecule has 0 spiro atoms. The summed E-state index contributed by atoms with van der Waals surface area (Å²) >= 11 is 0. The molecule has 7 aromatic rings. The Morgan fingerprint density at radius 2 is 1.43 bits per heavy atom. The van der Waals surface area contributed by atoms with E-state index in [4.69, 9.17) is 9.92 Å². The Bertz CT molecular complexity index is 2270. The minimum Gasteiger partial charge on any atom is -0.358 e. The average Bonchev–Trinajstić information content (AvgIpc) is 3.65. The number of benzene rings is 5. The molecule has 0 unspecified atom stereocenters. The molecule has 0 radical (unpaired) electrons. The van der Waals surface area contributed by atoms with Gasteiger partial charge in [0.25, 0.3) is 0 Å². The van der Waals surface area contributed by atoms with Crippen molar-refractivity contribution in [3.63, 3.8) is 0 Å². The molecule has 1 N–H and O–H groups in total. The maximum Gasteiger partial charge on any atom is 0.145 e. The number of hydrogen-bond acceptors (Lipinski definition) is 4. The molecule has 0 aliphatic carbocycles. The molecule has 2 aromatic heterocycles. The average molecular weight is 824 g/mol. The molecule has 0 bridgehead atoms. The Morgan fingerprint density at radius 1 is 0.714 bits per heavy atom. The van der Waals surface area contributed by atoms with Crippen LogP contribution in [-0.2, 0) is 26.5 Å². The number of rotatable bonds is 6. The number of hydroxylamine groups is 1. The number of fused-ring (bicyclic) bond motifs is 4. The van der Waals surface area contributed by atoms with Gasteiger partial charge in [-0.25, -0.2) is 4.98 Å². The number of nitrogens with zero attached hydrogens (tertiary/aromatic N) is 5. The number of pyridine rings is 1. The van der Waals surface area contributed by atoms with E-state index in [0.29, 0.717) is 0 Å². The maximum atomic E-state index is 5.01. The largest absolute Gasteiger partial charge is 0.358 e. The zero-order valence-electron chi connectivity index (χ0n) is 28.2. The first-order valence-electron chi connectivity index (χ1n) is 16.5. The van der Waals surface area contributed by atoms with E-state index in [1.807, 2.05) is 17.3 Å². The molecular formula is C42H38N5OPt-. The van der Waals surface area contributed by atoms with Gasteiger partial charge in [0.05, 0.1) is 6.04 Å². The van der Waals surface area contributed by atoms with Crippen LogP contribution in [0.25, 0.3) is 27.6 Å². The second-order valence-electron chi connectivity index (χ2n) is 13.5. The first-order valence-corrected chi connectivity index (χ1v) is 16.5. The van der Waals surface area contributed by atoms with Crippen LogP contribution in [0.2, 0.25) is 0 Å². The van der Waals surface area contributed by atoms with Crippen LogP contribution in [0.4, 0.5) is 34.1 Å². The molecule has 1 aliphatic heterocycles. The van der Waals surface area contributed by atoms with E-state index in [2.05, 4.69) is 177 Å². The molecule has 8 rings (SSSR count). The van der Waals surface area contributed by atoms with Crippen molar-refractivity contribution in [1.29, 1.82) is 0 Å². The molecule has 6 nitrogen and oxygen atoms in total.